The molecule has 2 aromatic carbocycles. The number of thioether (sulfide) groups is 1. The second kappa shape index (κ2) is 9.35. The first-order valence-corrected chi connectivity index (χ1v) is 11.0. The molecule has 1 N–H and O–H groups in total. The molecule has 0 atom stereocenters. The Kier molecular flexibility index (Phi) is 6.36. The summed E-state index contributed by atoms with van der Waals surface area (Å²) in [6.07, 6.45) is 2.06. The van der Waals surface area contributed by atoms with Crippen LogP contribution in [0.15, 0.2) is 53.4 Å². The Bertz CT molecular complexity index is 1240. The molecule has 0 spiro atoms. The van der Waals surface area contributed by atoms with Gasteiger partial charge in [0.2, 0.25) is 5.91 Å². The van der Waals surface area contributed by atoms with Crippen LogP contribution in [0.5, 0.6) is 0 Å². The van der Waals surface area contributed by atoms with Crippen molar-refractivity contribution in [1.82, 2.24) is 19.8 Å². The SMILES string of the molecule is CCc1nc2ccccc2n1CC(=O)NCCN1C(=O)S/C(=C\c2ccccc2F)C1=O. The van der Waals surface area contributed by atoms with Crippen LogP contribution < -0.4 is 5.32 Å². The lowest BCUT2D eigenvalue weighted by atomic mass is 10.2. The van der Waals surface area contributed by atoms with Gasteiger partial charge in [-0.25, -0.2) is 9.37 Å². The fourth-order valence-electron chi connectivity index (χ4n) is 3.50. The van der Waals surface area contributed by atoms with Crippen molar-refractivity contribution < 1.29 is 18.8 Å². The molecule has 3 amide bonds. The Morgan fingerprint density at radius 3 is 2.69 bits per heavy atom. The van der Waals surface area contributed by atoms with E-state index >= 15 is 0 Å². The largest absolute Gasteiger partial charge is 0.353 e. The van der Waals surface area contributed by atoms with Crippen molar-refractivity contribution in [3.63, 3.8) is 0 Å². The van der Waals surface area contributed by atoms with E-state index in [0.29, 0.717) is 6.42 Å². The number of aryl methyl sites for hydroxylation is 1. The molecule has 0 radical (unpaired) electrons. The lowest BCUT2D eigenvalue weighted by molar-refractivity contribution is -0.124. The Hall–Kier alpha value is -3.46. The minimum absolute atomic E-state index is 0.0380. The summed E-state index contributed by atoms with van der Waals surface area (Å²) < 4.78 is 15.7. The highest BCUT2D eigenvalue weighted by molar-refractivity contribution is 8.18. The summed E-state index contributed by atoms with van der Waals surface area (Å²) >= 11 is 0.761. The molecule has 164 valence electrons. The summed E-state index contributed by atoms with van der Waals surface area (Å²) in [7, 11) is 0. The minimum Gasteiger partial charge on any atom is -0.353 e. The van der Waals surface area contributed by atoms with E-state index in [1.807, 2.05) is 35.8 Å². The monoisotopic (exact) mass is 452 g/mol. The topological polar surface area (TPSA) is 84.3 Å². The third-order valence-corrected chi connectivity index (χ3v) is 5.98. The number of imide groups is 1. The van der Waals surface area contributed by atoms with Gasteiger partial charge in [-0.15, -0.1) is 0 Å². The molecule has 1 saturated heterocycles. The van der Waals surface area contributed by atoms with Gasteiger partial charge in [-0.3, -0.25) is 19.3 Å². The summed E-state index contributed by atoms with van der Waals surface area (Å²) in [5.74, 6) is -0.390. The normalized spacial score (nSPS) is 15.2. The number of nitrogens with one attached hydrogen (secondary N) is 1. The van der Waals surface area contributed by atoms with Crippen molar-refractivity contribution in [3.8, 4) is 0 Å². The van der Waals surface area contributed by atoms with Gasteiger partial charge in [-0.05, 0) is 36.0 Å². The average molecular weight is 453 g/mol. The van der Waals surface area contributed by atoms with Crippen LogP contribution in [-0.4, -0.2) is 44.6 Å². The highest BCUT2D eigenvalue weighted by Gasteiger charge is 2.34. The first-order chi connectivity index (χ1) is 15.5. The zero-order chi connectivity index (χ0) is 22.7. The predicted molar refractivity (Wildman–Crippen MR) is 121 cm³/mol. The van der Waals surface area contributed by atoms with E-state index in [4.69, 9.17) is 0 Å². The van der Waals surface area contributed by atoms with Crippen LogP contribution in [0.4, 0.5) is 9.18 Å². The molecular weight excluding hydrogens is 431 g/mol. The number of benzene rings is 2. The van der Waals surface area contributed by atoms with E-state index in [1.165, 1.54) is 18.2 Å². The number of hydrogen-bond donors (Lipinski definition) is 1. The number of fused-ring (bicyclic) bond motifs is 1. The maximum Gasteiger partial charge on any atom is 0.293 e. The second-order valence-corrected chi connectivity index (χ2v) is 8.15. The average Bonchev–Trinajstić information content (AvgIpc) is 3.27. The summed E-state index contributed by atoms with van der Waals surface area (Å²) in [4.78, 5) is 43.1. The molecule has 9 heteroatoms. The fourth-order valence-corrected chi connectivity index (χ4v) is 4.36. The van der Waals surface area contributed by atoms with E-state index in [2.05, 4.69) is 10.3 Å². The number of nitrogens with zero attached hydrogens (tertiary/aromatic N) is 3. The van der Waals surface area contributed by atoms with Gasteiger partial charge in [0.15, 0.2) is 0 Å². The van der Waals surface area contributed by atoms with Crippen LogP contribution in [0.1, 0.15) is 18.3 Å². The van der Waals surface area contributed by atoms with Gasteiger partial charge in [0.05, 0.1) is 15.9 Å². The van der Waals surface area contributed by atoms with Crippen molar-refractivity contribution >= 4 is 45.9 Å². The molecule has 3 aromatic rings. The Morgan fingerprint density at radius 2 is 1.91 bits per heavy atom. The van der Waals surface area contributed by atoms with Gasteiger partial charge in [0.1, 0.15) is 18.2 Å². The minimum atomic E-state index is -0.494. The highest BCUT2D eigenvalue weighted by atomic mass is 32.2. The van der Waals surface area contributed by atoms with Gasteiger partial charge in [0, 0.05) is 25.1 Å². The molecular formula is C23H21FN4O3S. The first-order valence-electron chi connectivity index (χ1n) is 10.2. The number of imidazole rings is 1. The van der Waals surface area contributed by atoms with Gasteiger partial charge in [-0.1, -0.05) is 37.3 Å². The molecule has 0 saturated carbocycles. The molecule has 0 bridgehead atoms. The molecule has 1 aromatic heterocycles. The number of hydrogen-bond acceptors (Lipinski definition) is 5. The van der Waals surface area contributed by atoms with E-state index in [0.717, 1.165) is 33.5 Å². The Morgan fingerprint density at radius 1 is 1.16 bits per heavy atom. The van der Waals surface area contributed by atoms with E-state index in [1.54, 1.807) is 12.1 Å². The number of halogens is 1. The smallest absolute Gasteiger partial charge is 0.293 e. The van der Waals surface area contributed by atoms with E-state index < -0.39 is 17.0 Å². The van der Waals surface area contributed by atoms with Gasteiger partial charge in [0.25, 0.3) is 11.1 Å². The maximum absolute atomic E-state index is 13.8. The van der Waals surface area contributed by atoms with Crippen molar-refractivity contribution in [2.75, 3.05) is 13.1 Å². The number of amides is 3. The summed E-state index contributed by atoms with van der Waals surface area (Å²) in [6, 6.07) is 13.6. The fraction of sp³-hybridized carbons (Fsp3) is 0.217. The summed E-state index contributed by atoms with van der Waals surface area (Å²) in [5, 5.41) is 2.31. The number of carbonyl (C=O) groups excluding carboxylic acids is 3. The van der Waals surface area contributed by atoms with Gasteiger partial charge in [-0.2, -0.15) is 0 Å². The van der Waals surface area contributed by atoms with Crippen molar-refractivity contribution in [2.24, 2.45) is 0 Å². The maximum atomic E-state index is 13.8. The summed E-state index contributed by atoms with van der Waals surface area (Å²) in [5.41, 5.74) is 1.95. The Labute approximate surface area is 188 Å². The van der Waals surface area contributed by atoms with E-state index in [9.17, 15) is 18.8 Å². The van der Waals surface area contributed by atoms with Crippen molar-refractivity contribution in [3.05, 3.63) is 70.6 Å². The van der Waals surface area contributed by atoms with Gasteiger partial charge >= 0.3 is 0 Å². The second-order valence-electron chi connectivity index (χ2n) is 7.16. The zero-order valence-electron chi connectivity index (χ0n) is 17.4. The van der Waals surface area contributed by atoms with Crippen LogP contribution in [0.2, 0.25) is 0 Å². The first kappa shape index (κ1) is 21.8. The lowest BCUT2D eigenvalue weighted by Crippen LogP contribution is -2.38. The Balaban J connectivity index is 1.36. The van der Waals surface area contributed by atoms with Crippen LogP contribution in [-0.2, 0) is 22.6 Å². The molecule has 4 rings (SSSR count). The highest BCUT2D eigenvalue weighted by Crippen LogP contribution is 2.32. The standard InChI is InChI=1S/C23H21FN4O3S/c1-2-20-26-17-9-5-6-10-18(17)28(20)14-21(29)25-11-12-27-22(30)19(32-23(27)31)13-15-7-3-4-8-16(15)24/h3-10,13H,2,11-12,14H2,1H3,(H,25,29)/b19-13-. The van der Waals surface area contributed by atoms with Crippen LogP contribution in [0.3, 0.4) is 0 Å². The number of aromatic nitrogens is 2. The van der Waals surface area contributed by atoms with E-state index in [-0.39, 0.29) is 36.0 Å². The molecule has 7 nitrogen and oxygen atoms in total. The quantitative estimate of drug-likeness (QED) is 0.554. The summed E-state index contributed by atoms with van der Waals surface area (Å²) in [6.45, 7) is 2.23. The lowest BCUT2D eigenvalue weighted by Gasteiger charge is -2.14. The molecule has 2 heterocycles. The number of rotatable bonds is 7. The predicted octanol–water partition coefficient (Wildman–Crippen LogP) is 3.59. The number of para-hydroxylation sites is 2. The number of carbonyl (C=O) groups is 3. The van der Waals surface area contributed by atoms with Crippen molar-refractivity contribution in [1.29, 1.82) is 0 Å². The third-order valence-electron chi connectivity index (χ3n) is 5.07. The molecule has 1 aliphatic heterocycles. The molecule has 1 aliphatic rings. The molecule has 0 aliphatic carbocycles. The molecule has 1 fully saturated rings. The zero-order valence-corrected chi connectivity index (χ0v) is 18.2. The molecule has 0 unspecified atom stereocenters. The molecule has 32 heavy (non-hydrogen) atoms. The van der Waals surface area contributed by atoms with Crippen LogP contribution >= 0.6 is 11.8 Å². The van der Waals surface area contributed by atoms with Gasteiger partial charge < -0.3 is 9.88 Å². The van der Waals surface area contributed by atoms with Crippen LogP contribution in [0.25, 0.3) is 17.1 Å². The third kappa shape index (κ3) is 4.43. The van der Waals surface area contributed by atoms with Crippen LogP contribution in [0, 0.1) is 5.82 Å². The van der Waals surface area contributed by atoms with Crippen molar-refractivity contribution in [2.45, 2.75) is 19.9 Å².